The largest absolute Gasteiger partial charge is 0.416 e. The number of alkyl halides is 3. The number of benzene rings is 3. The van der Waals surface area contributed by atoms with Gasteiger partial charge in [0.15, 0.2) is 0 Å². The molecule has 0 fully saturated rings. The first-order valence-electron chi connectivity index (χ1n) is 9.63. The van der Waals surface area contributed by atoms with Gasteiger partial charge < -0.3 is 4.90 Å². The van der Waals surface area contributed by atoms with Gasteiger partial charge in [-0.15, -0.1) is 0 Å². The summed E-state index contributed by atoms with van der Waals surface area (Å²) in [5, 5.41) is 0. The van der Waals surface area contributed by atoms with Crippen LogP contribution in [0, 0.1) is 6.92 Å². The van der Waals surface area contributed by atoms with E-state index >= 15 is 0 Å². The van der Waals surface area contributed by atoms with Crippen LogP contribution in [0.1, 0.15) is 22.6 Å². The summed E-state index contributed by atoms with van der Waals surface area (Å²) in [6.45, 7) is 1.89. The van der Waals surface area contributed by atoms with E-state index in [1.807, 2.05) is 6.92 Å². The van der Waals surface area contributed by atoms with Crippen molar-refractivity contribution < 1.29 is 22.8 Å². The van der Waals surface area contributed by atoms with Crippen LogP contribution >= 0.6 is 0 Å². The molecule has 0 aliphatic carbocycles. The Bertz CT molecular complexity index is 1140. The van der Waals surface area contributed by atoms with Gasteiger partial charge >= 0.3 is 6.18 Å². The van der Waals surface area contributed by atoms with E-state index in [1.54, 1.807) is 54.6 Å². The summed E-state index contributed by atoms with van der Waals surface area (Å²) in [4.78, 5) is 29.5. The van der Waals surface area contributed by atoms with Crippen LogP contribution in [0.3, 0.4) is 0 Å². The summed E-state index contributed by atoms with van der Waals surface area (Å²) < 4.78 is 40.4. The number of likely N-dealkylation sites (N-methyl/N-ethyl adjacent to an activating group) is 1. The molecule has 31 heavy (non-hydrogen) atoms. The van der Waals surface area contributed by atoms with Crippen molar-refractivity contribution in [3.05, 3.63) is 89.5 Å². The van der Waals surface area contributed by atoms with Gasteiger partial charge in [0.2, 0.25) is 11.8 Å². The zero-order valence-electron chi connectivity index (χ0n) is 16.9. The quantitative estimate of drug-likeness (QED) is 0.514. The Balaban J connectivity index is 1.97. The van der Waals surface area contributed by atoms with E-state index in [2.05, 4.69) is 0 Å². The van der Waals surface area contributed by atoms with Crippen LogP contribution in [0.5, 0.6) is 0 Å². The maximum absolute atomic E-state index is 13.7. The van der Waals surface area contributed by atoms with Crippen LogP contribution in [-0.4, -0.2) is 18.9 Å². The predicted molar refractivity (Wildman–Crippen MR) is 112 cm³/mol. The van der Waals surface area contributed by atoms with E-state index in [9.17, 15) is 22.8 Å². The zero-order chi connectivity index (χ0) is 22.3. The number of fused-ring (bicyclic) bond motifs is 1. The number of rotatable bonds is 2. The van der Waals surface area contributed by atoms with Crippen LogP contribution in [0.15, 0.2) is 72.8 Å². The summed E-state index contributed by atoms with van der Waals surface area (Å²) in [6, 6.07) is 18.4. The molecule has 4 rings (SSSR count). The number of halogens is 3. The lowest BCUT2D eigenvalue weighted by molar-refractivity contribution is -0.137. The van der Waals surface area contributed by atoms with E-state index in [0.29, 0.717) is 11.3 Å². The molecule has 0 aromatic heterocycles. The highest BCUT2D eigenvalue weighted by atomic mass is 19.4. The molecule has 0 saturated heterocycles. The number of anilines is 3. The molecule has 1 unspecified atom stereocenters. The molecule has 1 aliphatic heterocycles. The first-order chi connectivity index (χ1) is 14.7. The van der Waals surface area contributed by atoms with Gasteiger partial charge in [-0.1, -0.05) is 48.0 Å². The summed E-state index contributed by atoms with van der Waals surface area (Å²) in [5.41, 5.74) is 1.17. The summed E-state index contributed by atoms with van der Waals surface area (Å²) >= 11 is 0. The van der Waals surface area contributed by atoms with Crippen molar-refractivity contribution in [2.75, 3.05) is 16.8 Å². The average molecular weight is 424 g/mol. The number of carbonyl (C=O) groups excluding carboxylic acids is 2. The molecule has 3 aromatic rings. The van der Waals surface area contributed by atoms with Crippen molar-refractivity contribution >= 4 is 28.9 Å². The number of para-hydroxylation sites is 1. The molecule has 4 nitrogen and oxygen atoms in total. The molecular weight excluding hydrogens is 405 g/mol. The minimum Gasteiger partial charge on any atom is -0.312 e. The fraction of sp³-hybridized carbons (Fsp3) is 0.167. The van der Waals surface area contributed by atoms with Gasteiger partial charge in [0.1, 0.15) is 5.92 Å². The van der Waals surface area contributed by atoms with Crippen molar-refractivity contribution in [1.29, 1.82) is 0 Å². The van der Waals surface area contributed by atoms with Gasteiger partial charge in [0.05, 0.1) is 16.9 Å². The highest BCUT2D eigenvalue weighted by molar-refractivity contribution is 6.23. The third-order valence-electron chi connectivity index (χ3n) is 5.37. The number of amides is 2. The first kappa shape index (κ1) is 20.7. The highest BCUT2D eigenvalue weighted by Gasteiger charge is 2.42. The fourth-order valence-electron chi connectivity index (χ4n) is 3.72. The highest BCUT2D eigenvalue weighted by Crippen LogP contribution is 2.43. The fourth-order valence-corrected chi connectivity index (χ4v) is 3.72. The number of carbonyl (C=O) groups is 2. The molecule has 1 atom stereocenters. The molecule has 0 bridgehead atoms. The van der Waals surface area contributed by atoms with Crippen molar-refractivity contribution in [2.45, 2.75) is 19.0 Å². The van der Waals surface area contributed by atoms with Gasteiger partial charge in [-0.3, -0.25) is 14.5 Å². The SMILES string of the molecule is Cc1ccc(C2C(=O)N(C)c3ccc(C(F)(F)F)cc3N(c3ccccc3)C2=O)cc1. The van der Waals surface area contributed by atoms with E-state index in [0.717, 1.165) is 17.7 Å². The zero-order valence-corrected chi connectivity index (χ0v) is 16.9. The molecule has 1 heterocycles. The van der Waals surface area contributed by atoms with Crippen molar-refractivity contribution in [1.82, 2.24) is 0 Å². The molecule has 0 spiro atoms. The monoisotopic (exact) mass is 424 g/mol. The molecule has 1 aliphatic rings. The Morgan fingerprint density at radius 1 is 0.806 bits per heavy atom. The van der Waals surface area contributed by atoms with Crippen LogP contribution in [0.2, 0.25) is 0 Å². The Hall–Kier alpha value is -3.61. The molecule has 158 valence electrons. The van der Waals surface area contributed by atoms with Gasteiger partial charge in [-0.2, -0.15) is 13.2 Å². The molecule has 3 aromatic carbocycles. The second-order valence-corrected chi connectivity index (χ2v) is 7.45. The molecule has 0 radical (unpaired) electrons. The van der Waals surface area contributed by atoms with E-state index in [4.69, 9.17) is 0 Å². The lowest BCUT2D eigenvalue weighted by atomic mass is 9.95. The lowest BCUT2D eigenvalue weighted by Gasteiger charge is -2.26. The third-order valence-corrected chi connectivity index (χ3v) is 5.37. The van der Waals surface area contributed by atoms with Crippen molar-refractivity contribution in [3.63, 3.8) is 0 Å². The Kier molecular flexibility index (Phi) is 5.05. The topological polar surface area (TPSA) is 40.6 Å². The third kappa shape index (κ3) is 3.67. The summed E-state index contributed by atoms with van der Waals surface area (Å²) in [5.74, 6) is -2.30. The van der Waals surface area contributed by atoms with Crippen molar-refractivity contribution in [2.24, 2.45) is 0 Å². The molecular formula is C24H19F3N2O2. The first-order valence-corrected chi connectivity index (χ1v) is 9.63. The predicted octanol–water partition coefficient (Wildman–Crippen LogP) is 5.44. The van der Waals surface area contributed by atoms with Crippen LogP contribution in [0.25, 0.3) is 0 Å². The average Bonchev–Trinajstić information content (AvgIpc) is 2.82. The van der Waals surface area contributed by atoms with E-state index in [-0.39, 0.29) is 11.4 Å². The summed E-state index contributed by atoms with van der Waals surface area (Å²) in [7, 11) is 1.47. The van der Waals surface area contributed by atoms with Crippen LogP contribution < -0.4 is 9.80 Å². The Morgan fingerprint density at radius 3 is 2.06 bits per heavy atom. The van der Waals surface area contributed by atoms with E-state index < -0.39 is 29.5 Å². The minimum atomic E-state index is -4.59. The maximum Gasteiger partial charge on any atom is 0.416 e. The van der Waals surface area contributed by atoms with Crippen molar-refractivity contribution in [3.8, 4) is 0 Å². The minimum absolute atomic E-state index is 0.0106. The normalized spacial score (nSPS) is 16.9. The van der Waals surface area contributed by atoms with Gasteiger partial charge in [0, 0.05) is 12.7 Å². The smallest absolute Gasteiger partial charge is 0.312 e. The standard InChI is InChI=1S/C24H19F3N2O2/c1-15-8-10-16(11-9-15)21-22(30)28(2)19-13-12-17(24(25,26)27)14-20(19)29(23(21)31)18-6-4-3-5-7-18/h3-14,21H,1-2H3. The second-order valence-electron chi connectivity index (χ2n) is 7.45. The van der Waals surface area contributed by atoms with E-state index in [1.165, 1.54) is 22.9 Å². The molecule has 7 heteroatoms. The number of nitrogens with zero attached hydrogens (tertiary/aromatic N) is 2. The molecule has 0 N–H and O–H groups in total. The number of hydrogen-bond acceptors (Lipinski definition) is 2. The molecule has 0 saturated carbocycles. The van der Waals surface area contributed by atoms with Crippen LogP contribution in [-0.2, 0) is 15.8 Å². The number of hydrogen-bond donors (Lipinski definition) is 0. The van der Waals surface area contributed by atoms with Gasteiger partial charge in [-0.05, 0) is 42.8 Å². The Morgan fingerprint density at radius 2 is 1.45 bits per heavy atom. The summed E-state index contributed by atoms with van der Waals surface area (Å²) in [6.07, 6.45) is -4.59. The number of aryl methyl sites for hydroxylation is 1. The maximum atomic E-state index is 13.7. The van der Waals surface area contributed by atoms with Gasteiger partial charge in [-0.25, -0.2) is 0 Å². The molecule has 2 amide bonds. The Labute approximate surface area is 177 Å². The lowest BCUT2D eigenvalue weighted by Crippen LogP contribution is -2.37. The second kappa shape index (κ2) is 7.58. The van der Waals surface area contributed by atoms with Crippen LogP contribution in [0.4, 0.5) is 30.2 Å². The van der Waals surface area contributed by atoms with Gasteiger partial charge in [0.25, 0.3) is 0 Å².